The molecule has 1 fully saturated rings. The maximum absolute atomic E-state index is 13.3. The maximum Gasteiger partial charge on any atom is 0.229 e. The minimum atomic E-state index is -0.409. The smallest absolute Gasteiger partial charge is 0.229 e. The lowest BCUT2D eigenvalue weighted by atomic mass is 10.1. The van der Waals surface area contributed by atoms with Crippen molar-refractivity contribution in [3.05, 3.63) is 35.1 Å². The zero-order valence-corrected chi connectivity index (χ0v) is 11.7. The molecule has 0 bridgehead atoms. The van der Waals surface area contributed by atoms with Gasteiger partial charge in [0.15, 0.2) is 0 Å². The fourth-order valence-electron chi connectivity index (χ4n) is 2.26. The van der Waals surface area contributed by atoms with Crippen molar-refractivity contribution in [2.75, 3.05) is 6.54 Å². The van der Waals surface area contributed by atoms with Crippen molar-refractivity contribution in [3.8, 4) is 11.8 Å². The van der Waals surface area contributed by atoms with E-state index in [4.69, 9.17) is 5.73 Å². The number of imide groups is 1. The Balaban J connectivity index is 2.29. The van der Waals surface area contributed by atoms with E-state index in [2.05, 4.69) is 11.8 Å². The van der Waals surface area contributed by atoms with Crippen LogP contribution in [0.1, 0.15) is 36.8 Å². The Labute approximate surface area is 123 Å². The molecular formula is C16H17FN2O2. The zero-order valence-electron chi connectivity index (χ0n) is 11.7. The number of likely N-dealkylation sites (tertiary alicyclic amines) is 1. The lowest BCUT2D eigenvalue weighted by Gasteiger charge is -2.19. The average Bonchev–Trinajstić information content (AvgIpc) is 2.62. The highest BCUT2D eigenvalue weighted by Crippen LogP contribution is 2.18. The Kier molecular flexibility index (Phi) is 5.07. The summed E-state index contributed by atoms with van der Waals surface area (Å²) in [6.07, 6.45) is 2.20. The molecule has 2 N–H and O–H groups in total. The van der Waals surface area contributed by atoms with Gasteiger partial charge in [0.1, 0.15) is 5.82 Å². The van der Waals surface area contributed by atoms with E-state index in [1.807, 2.05) is 0 Å². The summed E-state index contributed by atoms with van der Waals surface area (Å²) < 4.78 is 13.3. The Morgan fingerprint density at radius 1 is 1.19 bits per heavy atom. The predicted octanol–water partition coefficient (Wildman–Crippen LogP) is 1.57. The second-order valence-corrected chi connectivity index (χ2v) is 4.89. The van der Waals surface area contributed by atoms with Crippen LogP contribution in [0.25, 0.3) is 0 Å². The number of hydrogen-bond donors (Lipinski definition) is 1. The van der Waals surface area contributed by atoms with E-state index in [0.29, 0.717) is 24.0 Å². The number of nitrogens with two attached hydrogens (primary N) is 1. The molecule has 2 amide bonds. The van der Waals surface area contributed by atoms with Crippen molar-refractivity contribution in [1.82, 2.24) is 4.90 Å². The molecule has 5 heteroatoms. The molecule has 0 spiro atoms. The average molecular weight is 288 g/mol. The van der Waals surface area contributed by atoms with Gasteiger partial charge in [-0.2, -0.15) is 0 Å². The van der Waals surface area contributed by atoms with E-state index in [1.165, 1.54) is 17.0 Å². The fourth-order valence-corrected chi connectivity index (χ4v) is 2.26. The highest BCUT2D eigenvalue weighted by atomic mass is 19.1. The molecule has 1 saturated heterocycles. The number of carbonyl (C=O) groups excluding carboxylic acids is 2. The molecule has 0 unspecified atom stereocenters. The Morgan fingerprint density at radius 3 is 2.48 bits per heavy atom. The van der Waals surface area contributed by atoms with E-state index in [-0.39, 0.29) is 24.9 Å². The van der Waals surface area contributed by atoms with Crippen LogP contribution in [-0.4, -0.2) is 23.3 Å². The molecule has 2 rings (SSSR count). The first-order valence-electron chi connectivity index (χ1n) is 6.92. The first-order chi connectivity index (χ1) is 10.1. The number of rotatable bonds is 2. The van der Waals surface area contributed by atoms with Crippen LogP contribution in [0.4, 0.5) is 4.39 Å². The van der Waals surface area contributed by atoms with Crippen LogP contribution in [0.15, 0.2) is 18.2 Å². The predicted molar refractivity (Wildman–Crippen MR) is 76.4 cm³/mol. The normalized spacial score (nSPS) is 15.4. The van der Waals surface area contributed by atoms with E-state index in [0.717, 1.165) is 12.8 Å². The molecule has 1 aliphatic heterocycles. The number of hydrogen-bond acceptors (Lipinski definition) is 3. The molecule has 0 saturated carbocycles. The van der Waals surface area contributed by atoms with Crippen molar-refractivity contribution in [2.45, 2.75) is 32.2 Å². The molecule has 0 aromatic heterocycles. The van der Waals surface area contributed by atoms with Crippen molar-refractivity contribution in [1.29, 1.82) is 0 Å². The summed E-state index contributed by atoms with van der Waals surface area (Å²) in [5, 5.41) is 0. The highest BCUT2D eigenvalue weighted by Gasteiger charge is 2.24. The SMILES string of the molecule is NCC#Cc1cc(F)ccc1CN1C(=O)CCCCC1=O. The molecular weight excluding hydrogens is 271 g/mol. The zero-order chi connectivity index (χ0) is 15.2. The van der Waals surface area contributed by atoms with Gasteiger partial charge >= 0.3 is 0 Å². The molecule has 1 aromatic rings. The third-order valence-corrected chi connectivity index (χ3v) is 3.36. The number of halogens is 1. The molecule has 0 aliphatic carbocycles. The molecule has 1 aliphatic rings. The van der Waals surface area contributed by atoms with Gasteiger partial charge in [0.25, 0.3) is 0 Å². The van der Waals surface area contributed by atoms with Crippen molar-refractivity contribution in [3.63, 3.8) is 0 Å². The number of nitrogens with zero attached hydrogens (tertiary/aromatic N) is 1. The van der Waals surface area contributed by atoms with Crippen LogP contribution in [0, 0.1) is 17.7 Å². The summed E-state index contributed by atoms with van der Waals surface area (Å²) in [6, 6.07) is 4.15. The van der Waals surface area contributed by atoms with E-state index in [1.54, 1.807) is 6.07 Å². The topological polar surface area (TPSA) is 63.4 Å². The van der Waals surface area contributed by atoms with Gasteiger partial charge < -0.3 is 5.73 Å². The lowest BCUT2D eigenvalue weighted by molar-refractivity contribution is -0.144. The van der Waals surface area contributed by atoms with Crippen LogP contribution in [0.3, 0.4) is 0 Å². The molecule has 1 aromatic carbocycles. The van der Waals surface area contributed by atoms with Crippen LogP contribution >= 0.6 is 0 Å². The number of amides is 2. The van der Waals surface area contributed by atoms with Crippen molar-refractivity contribution in [2.24, 2.45) is 5.73 Å². The summed E-state index contributed by atoms with van der Waals surface area (Å²) in [5.74, 6) is 4.68. The van der Waals surface area contributed by atoms with Gasteiger partial charge in [-0.15, -0.1) is 0 Å². The van der Waals surface area contributed by atoms with Crippen LogP contribution in [0.5, 0.6) is 0 Å². The van der Waals surface area contributed by atoms with Gasteiger partial charge in [-0.05, 0) is 30.5 Å². The van der Waals surface area contributed by atoms with Crippen molar-refractivity contribution < 1.29 is 14.0 Å². The lowest BCUT2D eigenvalue weighted by Crippen LogP contribution is -2.34. The minimum absolute atomic E-state index is 0.131. The Bertz CT molecular complexity index is 598. The standard InChI is InChI=1S/C16H17FN2O2/c17-14-8-7-13(12(10-14)4-3-9-18)11-19-15(20)5-1-2-6-16(19)21/h7-8,10H,1-2,5-6,9,11,18H2. The van der Waals surface area contributed by atoms with Crippen LogP contribution in [0.2, 0.25) is 0 Å². The fraction of sp³-hybridized carbons (Fsp3) is 0.375. The summed E-state index contributed by atoms with van der Waals surface area (Å²) >= 11 is 0. The Morgan fingerprint density at radius 2 is 1.86 bits per heavy atom. The third kappa shape index (κ3) is 3.89. The van der Waals surface area contributed by atoms with Crippen LogP contribution in [-0.2, 0) is 16.1 Å². The monoisotopic (exact) mass is 288 g/mol. The van der Waals surface area contributed by atoms with E-state index >= 15 is 0 Å². The molecule has 0 atom stereocenters. The molecule has 0 radical (unpaired) electrons. The minimum Gasteiger partial charge on any atom is -0.320 e. The summed E-state index contributed by atoms with van der Waals surface area (Å²) in [4.78, 5) is 25.2. The second kappa shape index (κ2) is 7.00. The molecule has 21 heavy (non-hydrogen) atoms. The highest BCUT2D eigenvalue weighted by molar-refractivity contribution is 5.96. The van der Waals surface area contributed by atoms with Gasteiger partial charge in [-0.3, -0.25) is 14.5 Å². The van der Waals surface area contributed by atoms with Crippen molar-refractivity contribution >= 4 is 11.8 Å². The van der Waals surface area contributed by atoms with Gasteiger partial charge in [0, 0.05) is 18.4 Å². The first kappa shape index (κ1) is 15.2. The summed E-state index contributed by atoms with van der Waals surface area (Å²) in [6.45, 7) is 0.296. The molecule has 4 nitrogen and oxygen atoms in total. The number of carbonyl (C=O) groups is 2. The Hall–Kier alpha value is -2.19. The first-order valence-corrected chi connectivity index (χ1v) is 6.92. The van der Waals surface area contributed by atoms with Crippen LogP contribution < -0.4 is 5.73 Å². The van der Waals surface area contributed by atoms with Gasteiger partial charge in [0.2, 0.25) is 11.8 Å². The quantitative estimate of drug-likeness (QED) is 0.663. The van der Waals surface area contributed by atoms with Gasteiger partial charge in [-0.25, -0.2) is 4.39 Å². The van der Waals surface area contributed by atoms with Gasteiger partial charge in [0.05, 0.1) is 13.1 Å². The molecule has 110 valence electrons. The summed E-state index contributed by atoms with van der Waals surface area (Å²) in [7, 11) is 0. The maximum atomic E-state index is 13.3. The largest absolute Gasteiger partial charge is 0.320 e. The molecule has 1 heterocycles. The van der Waals surface area contributed by atoms with Gasteiger partial charge in [-0.1, -0.05) is 17.9 Å². The third-order valence-electron chi connectivity index (χ3n) is 3.36. The second-order valence-electron chi connectivity index (χ2n) is 4.89. The van der Waals surface area contributed by atoms with E-state index in [9.17, 15) is 14.0 Å². The summed E-state index contributed by atoms with van der Waals surface area (Å²) in [5.41, 5.74) is 6.44. The van der Waals surface area contributed by atoms with E-state index < -0.39 is 5.82 Å². The number of benzene rings is 1.